The van der Waals surface area contributed by atoms with Gasteiger partial charge < -0.3 is 5.73 Å². The molecule has 1 aliphatic rings. The Bertz CT molecular complexity index is 440. The Hall–Kier alpha value is -0.380. The lowest BCUT2D eigenvalue weighted by Crippen LogP contribution is -2.39. The second-order valence-electron chi connectivity index (χ2n) is 6.29. The van der Waals surface area contributed by atoms with Gasteiger partial charge in [-0.25, -0.2) is 0 Å². The Morgan fingerprint density at radius 1 is 1.35 bits per heavy atom. The summed E-state index contributed by atoms with van der Waals surface area (Å²) in [4.78, 5) is 2.60. The standard InChI is InChI=1S/C17H27BrN2/c1-4-17(5-2)9-10-20(12-17)16(13(3)19)14-7-6-8-15(18)11-14/h6-8,11,13,16H,4-5,9-10,12,19H2,1-3H3. The molecule has 1 saturated heterocycles. The normalized spacial score (nSPS) is 21.9. The van der Waals surface area contributed by atoms with Crippen molar-refractivity contribution in [3.05, 3.63) is 34.3 Å². The van der Waals surface area contributed by atoms with Crippen molar-refractivity contribution in [2.45, 2.75) is 52.1 Å². The van der Waals surface area contributed by atoms with Gasteiger partial charge in [-0.1, -0.05) is 41.9 Å². The monoisotopic (exact) mass is 338 g/mol. The second-order valence-corrected chi connectivity index (χ2v) is 7.20. The van der Waals surface area contributed by atoms with E-state index in [9.17, 15) is 0 Å². The summed E-state index contributed by atoms with van der Waals surface area (Å²) in [7, 11) is 0. The van der Waals surface area contributed by atoms with Crippen molar-refractivity contribution in [3.63, 3.8) is 0 Å². The molecule has 1 aromatic rings. The van der Waals surface area contributed by atoms with Gasteiger partial charge in [0.2, 0.25) is 0 Å². The van der Waals surface area contributed by atoms with Crippen molar-refractivity contribution < 1.29 is 0 Å². The molecule has 2 rings (SSSR count). The van der Waals surface area contributed by atoms with Gasteiger partial charge in [-0.05, 0) is 55.8 Å². The molecule has 1 fully saturated rings. The van der Waals surface area contributed by atoms with Crippen LogP contribution in [0, 0.1) is 5.41 Å². The van der Waals surface area contributed by atoms with Crippen LogP contribution in [-0.2, 0) is 0 Å². The van der Waals surface area contributed by atoms with E-state index < -0.39 is 0 Å². The minimum atomic E-state index is 0.147. The fraction of sp³-hybridized carbons (Fsp3) is 0.647. The maximum Gasteiger partial charge on any atom is 0.0497 e. The van der Waals surface area contributed by atoms with E-state index in [1.165, 1.54) is 37.9 Å². The summed E-state index contributed by atoms with van der Waals surface area (Å²) < 4.78 is 1.14. The number of hydrogen-bond donors (Lipinski definition) is 1. The zero-order chi connectivity index (χ0) is 14.8. The maximum atomic E-state index is 6.31. The summed E-state index contributed by atoms with van der Waals surface area (Å²) in [6.07, 6.45) is 3.84. The quantitative estimate of drug-likeness (QED) is 0.864. The molecule has 112 valence electrons. The SMILES string of the molecule is CCC1(CC)CCN(C(c2cccc(Br)c2)C(C)N)C1. The summed E-state index contributed by atoms with van der Waals surface area (Å²) >= 11 is 3.58. The lowest BCUT2D eigenvalue weighted by atomic mass is 9.82. The van der Waals surface area contributed by atoms with Gasteiger partial charge >= 0.3 is 0 Å². The molecule has 2 nitrogen and oxygen atoms in total. The Kier molecular flexibility index (Phi) is 5.27. The van der Waals surface area contributed by atoms with Crippen LogP contribution in [0.1, 0.15) is 51.6 Å². The van der Waals surface area contributed by atoms with Crippen LogP contribution in [0.15, 0.2) is 28.7 Å². The zero-order valence-electron chi connectivity index (χ0n) is 12.9. The highest BCUT2D eigenvalue weighted by Crippen LogP contribution is 2.41. The molecule has 20 heavy (non-hydrogen) atoms. The molecule has 0 aliphatic carbocycles. The van der Waals surface area contributed by atoms with E-state index in [0.717, 1.165) is 4.47 Å². The third-order valence-electron chi connectivity index (χ3n) is 5.05. The first-order chi connectivity index (χ1) is 9.51. The zero-order valence-corrected chi connectivity index (χ0v) is 14.5. The molecule has 3 heteroatoms. The van der Waals surface area contributed by atoms with Gasteiger partial charge in [0.05, 0.1) is 0 Å². The topological polar surface area (TPSA) is 29.3 Å². The van der Waals surface area contributed by atoms with Crippen LogP contribution < -0.4 is 5.73 Å². The molecule has 1 aliphatic heterocycles. The van der Waals surface area contributed by atoms with E-state index in [0.29, 0.717) is 11.5 Å². The molecular formula is C17H27BrN2. The highest BCUT2D eigenvalue weighted by molar-refractivity contribution is 9.10. The highest BCUT2D eigenvalue weighted by Gasteiger charge is 2.39. The van der Waals surface area contributed by atoms with Crippen LogP contribution in [0.4, 0.5) is 0 Å². The van der Waals surface area contributed by atoms with Crippen molar-refractivity contribution >= 4 is 15.9 Å². The van der Waals surface area contributed by atoms with Gasteiger partial charge in [0.25, 0.3) is 0 Å². The Labute approximate surface area is 131 Å². The number of hydrogen-bond acceptors (Lipinski definition) is 2. The van der Waals surface area contributed by atoms with E-state index in [1.807, 2.05) is 0 Å². The fourth-order valence-electron chi connectivity index (χ4n) is 3.57. The van der Waals surface area contributed by atoms with Crippen LogP contribution >= 0.6 is 15.9 Å². The van der Waals surface area contributed by atoms with Crippen molar-refractivity contribution in [1.82, 2.24) is 4.90 Å². The number of likely N-dealkylation sites (tertiary alicyclic amines) is 1. The van der Waals surface area contributed by atoms with Gasteiger partial charge in [0.1, 0.15) is 0 Å². The minimum Gasteiger partial charge on any atom is -0.326 e. The smallest absolute Gasteiger partial charge is 0.0497 e. The molecular weight excluding hydrogens is 312 g/mol. The van der Waals surface area contributed by atoms with Crippen LogP contribution in [0.25, 0.3) is 0 Å². The first-order valence-corrected chi connectivity index (χ1v) is 8.56. The van der Waals surface area contributed by atoms with E-state index in [2.05, 4.69) is 65.9 Å². The molecule has 2 N–H and O–H groups in total. The van der Waals surface area contributed by atoms with E-state index in [-0.39, 0.29) is 6.04 Å². The number of nitrogens with zero attached hydrogens (tertiary/aromatic N) is 1. The van der Waals surface area contributed by atoms with Gasteiger partial charge in [-0.2, -0.15) is 0 Å². The number of rotatable bonds is 5. The van der Waals surface area contributed by atoms with Gasteiger partial charge in [-0.3, -0.25) is 4.90 Å². The Morgan fingerprint density at radius 3 is 2.55 bits per heavy atom. The molecule has 2 unspecified atom stereocenters. The molecule has 0 radical (unpaired) electrons. The molecule has 1 aromatic carbocycles. The summed E-state index contributed by atoms with van der Waals surface area (Å²) in [6.45, 7) is 9.13. The van der Waals surface area contributed by atoms with Crippen molar-refractivity contribution in [1.29, 1.82) is 0 Å². The molecule has 0 saturated carbocycles. The van der Waals surface area contributed by atoms with E-state index in [1.54, 1.807) is 0 Å². The van der Waals surface area contributed by atoms with Gasteiger partial charge in [0, 0.05) is 23.1 Å². The predicted octanol–water partition coefficient (Wildman–Crippen LogP) is 4.35. The lowest BCUT2D eigenvalue weighted by molar-refractivity contribution is 0.178. The summed E-state index contributed by atoms with van der Waals surface area (Å²) in [5.41, 5.74) is 8.14. The Balaban J connectivity index is 2.23. The molecule has 2 atom stereocenters. The van der Waals surface area contributed by atoms with Gasteiger partial charge in [-0.15, -0.1) is 0 Å². The van der Waals surface area contributed by atoms with Crippen LogP contribution in [0.5, 0.6) is 0 Å². The predicted molar refractivity (Wildman–Crippen MR) is 89.7 cm³/mol. The summed E-state index contributed by atoms with van der Waals surface area (Å²) in [6, 6.07) is 9.08. The van der Waals surface area contributed by atoms with Crippen molar-refractivity contribution in [2.24, 2.45) is 11.1 Å². The van der Waals surface area contributed by atoms with Crippen molar-refractivity contribution in [2.75, 3.05) is 13.1 Å². The van der Waals surface area contributed by atoms with Crippen LogP contribution in [-0.4, -0.2) is 24.0 Å². The fourth-order valence-corrected chi connectivity index (χ4v) is 3.99. The summed E-state index contributed by atoms with van der Waals surface area (Å²) in [5, 5.41) is 0. The number of nitrogens with two attached hydrogens (primary N) is 1. The maximum absolute atomic E-state index is 6.31. The second kappa shape index (κ2) is 6.59. The number of halogens is 1. The third-order valence-corrected chi connectivity index (χ3v) is 5.54. The largest absolute Gasteiger partial charge is 0.326 e. The van der Waals surface area contributed by atoms with Crippen LogP contribution in [0.2, 0.25) is 0 Å². The van der Waals surface area contributed by atoms with E-state index in [4.69, 9.17) is 5.73 Å². The first-order valence-electron chi connectivity index (χ1n) is 7.76. The third kappa shape index (κ3) is 3.26. The summed E-state index contributed by atoms with van der Waals surface area (Å²) in [5.74, 6) is 0. The van der Waals surface area contributed by atoms with E-state index >= 15 is 0 Å². The average Bonchev–Trinajstić information content (AvgIpc) is 2.83. The molecule has 0 aromatic heterocycles. The Morgan fingerprint density at radius 2 is 2.05 bits per heavy atom. The molecule has 0 spiro atoms. The number of benzene rings is 1. The molecule has 0 bridgehead atoms. The molecule has 0 amide bonds. The van der Waals surface area contributed by atoms with Crippen LogP contribution in [0.3, 0.4) is 0 Å². The average molecular weight is 339 g/mol. The first kappa shape index (κ1) is 16.0. The highest BCUT2D eigenvalue weighted by atomic mass is 79.9. The minimum absolute atomic E-state index is 0.147. The van der Waals surface area contributed by atoms with Gasteiger partial charge in [0.15, 0.2) is 0 Å². The lowest BCUT2D eigenvalue weighted by Gasteiger charge is -2.34. The molecule has 1 heterocycles. The van der Waals surface area contributed by atoms with Crippen molar-refractivity contribution in [3.8, 4) is 0 Å².